The van der Waals surface area contributed by atoms with Gasteiger partial charge in [0.05, 0.1) is 26.8 Å². The van der Waals surface area contributed by atoms with Crippen molar-refractivity contribution < 1.29 is 0 Å². The van der Waals surface area contributed by atoms with Gasteiger partial charge in [-0.3, -0.25) is 0 Å². The van der Waals surface area contributed by atoms with E-state index in [1.165, 1.54) is 0 Å². The van der Waals surface area contributed by atoms with Crippen molar-refractivity contribution in [1.29, 1.82) is 0 Å². The van der Waals surface area contributed by atoms with Crippen LogP contribution in [-0.4, -0.2) is 9.97 Å². The van der Waals surface area contributed by atoms with Crippen LogP contribution in [0.25, 0.3) is 22.4 Å². The SMILES string of the molecule is Nc1cccc2[nH]c(-c3c(Cl)cccc3Cl)nc12. The number of hydrogen-bond donors (Lipinski definition) is 2. The number of para-hydroxylation sites is 1. The van der Waals surface area contributed by atoms with E-state index in [1.807, 2.05) is 12.1 Å². The largest absolute Gasteiger partial charge is 0.397 e. The summed E-state index contributed by atoms with van der Waals surface area (Å²) in [6, 6.07) is 10.9. The molecule has 3 nitrogen and oxygen atoms in total. The van der Waals surface area contributed by atoms with Crippen molar-refractivity contribution >= 4 is 39.9 Å². The normalized spacial score (nSPS) is 11.0. The highest BCUT2D eigenvalue weighted by atomic mass is 35.5. The molecular formula is C13H9Cl2N3. The van der Waals surface area contributed by atoms with Gasteiger partial charge in [0, 0.05) is 0 Å². The van der Waals surface area contributed by atoms with Crippen LogP contribution in [0.4, 0.5) is 5.69 Å². The fraction of sp³-hybridized carbons (Fsp3) is 0. The molecule has 3 N–H and O–H groups in total. The second kappa shape index (κ2) is 4.19. The lowest BCUT2D eigenvalue weighted by atomic mass is 10.2. The van der Waals surface area contributed by atoms with E-state index in [9.17, 15) is 0 Å². The van der Waals surface area contributed by atoms with Crippen molar-refractivity contribution in [3.05, 3.63) is 46.4 Å². The minimum absolute atomic E-state index is 0.556. The molecule has 0 aliphatic rings. The first-order chi connectivity index (χ1) is 8.66. The molecule has 0 saturated carbocycles. The highest BCUT2D eigenvalue weighted by molar-refractivity contribution is 6.39. The van der Waals surface area contributed by atoms with E-state index in [0.29, 0.717) is 27.1 Å². The summed E-state index contributed by atoms with van der Waals surface area (Å²) in [6.45, 7) is 0. The number of nitrogens with one attached hydrogen (secondary N) is 1. The maximum Gasteiger partial charge on any atom is 0.141 e. The van der Waals surface area contributed by atoms with Gasteiger partial charge in [-0.2, -0.15) is 0 Å². The third kappa shape index (κ3) is 1.72. The zero-order chi connectivity index (χ0) is 12.7. The summed E-state index contributed by atoms with van der Waals surface area (Å²) in [5.74, 6) is 0.624. The zero-order valence-corrected chi connectivity index (χ0v) is 10.8. The second-order valence-corrected chi connectivity index (χ2v) is 4.74. The predicted octanol–water partition coefficient (Wildman–Crippen LogP) is 4.12. The van der Waals surface area contributed by atoms with Crippen LogP contribution < -0.4 is 5.73 Å². The first-order valence-electron chi connectivity index (χ1n) is 5.35. The predicted molar refractivity (Wildman–Crippen MR) is 76.0 cm³/mol. The molecule has 90 valence electrons. The molecule has 1 aromatic heterocycles. The van der Waals surface area contributed by atoms with Gasteiger partial charge in [-0.05, 0) is 24.3 Å². The number of rotatable bonds is 1. The lowest BCUT2D eigenvalue weighted by molar-refractivity contribution is 1.34. The summed E-state index contributed by atoms with van der Waals surface area (Å²) in [5, 5.41) is 1.11. The van der Waals surface area contributed by atoms with Gasteiger partial charge in [0.1, 0.15) is 11.3 Å². The fourth-order valence-electron chi connectivity index (χ4n) is 1.90. The molecule has 3 rings (SSSR count). The van der Waals surface area contributed by atoms with Crippen molar-refractivity contribution in [3.8, 4) is 11.4 Å². The number of aromatic amines is 1. The lowest BCUT2D eigenvalue weighted by Gasteiger charge is -2.02. The van der Waals surface area contributed by atoms with Gasteiger partial charge in [-0.15, -0.1) is 0 Å². The second-order valence-electron chi connectivity index (χ2n) is 3.93. The Morgan fingerprint density at radius 3 is 2.33 bits per heavy atom. The van der Waals surface area contributed by atoms with Gasteiger partial charge in [0.25, 0.3) is 0 Å². The van der Waals surface area contributed by atoms with Gasteiger partial charge < -0.3 is 10.7 Å². The molecule has 0 fully saturated rings. The number of imidazole rings is 1. The lowest BCUT2D eigenvalue weighted by Crippen LogP contribution is -1.85. The van der Waals surface area contributed by atoms with Crippen LogP contribution in [0.3, 0.4) is 0 Å². The molecule has 0 bridgehead atoms. The topological polar surface area (TPSA) is 54.7 Å². The minimum atomic E-state index is 0.556. The first kappa shape index (κ1) is 11.4. The summed E-state index contributed by atoms with van der Waals surface area (Å²) < 4.78 is 0. The number of benzene rings is 2. The molecule has 0 unspecified atom stereocenters. The number of nitrogens with two attached hydrogens (primary N) is 1. The van der Waals surface area contributed by atoms with Crippen molar-refractivity contribution in [3.63, 3.8) is 0 Å². The van der Waals surface area contributed by atoms with Crippen molar-refractivity contribution in [2.45, 2.75) is 0 Å². The molecule has 3 aromatic rings. The Hall–Kier alpha value is -1.71. The third-order valence-electron chi connectivity index (χ3n) is 2.74. The van der Waals surface area contributed by atoms with Crippen LogP contribution in [0.15, 0.2) is 36.4 Å². The molecule has 0 amide bonds. The van der Waals surface area contributed by atoms with Gasteiger partial charge in [-0.1, -0.05) is 35.3 Å². The van der Waals surface area contributed by atoms with E-state index in [2.05, 4.69) is 9.97 Å². The van der Waals surface area contributed by atoms with Crippen LogP contribution in [0.1, 0.15) is 0 Å². The number of halogens is 2. The quantitative estimate of drug-likeness (QED) is 0.658. The van der Waals surface area contributed by atoms with Crippen molar-refractivity contribution in [1.82, 2.24) is 9.97 Å². The summed E-state index contributed by atoms with van der Waals surface area (Å²) in [4.78, 5) is 7.63. The molecule has 0 spiro atoms. The molecule has 2 aromatic carbocycles. The average Bonchev–Trinajstić information content (AvgIpc) is 2.74. The van der Waals surface area contributed by atoms with Crippen molar-refractivity contribution in [2.24, 2.45) is 0 Å². The molecule has 0 radical (unpaired) electrons. The Morgan fingerprint density at radius 1 is 1.00 bits per heavy atom. The van der Waals surface area contributed by atoms with Gasteiger partial charge in [0.15, 0.2) is 0 Å². The number of anilines is 1. The number of hydrogen-bond acceptors (Lipinski definition) is 2. The van der Waals surface area contributed by atoms with Gasteiger partial charge in [0.2, 0.25) is 0 Å². The van der Waals surface area contributed by atoms with Crippen LogP contribution >= 0.6 is 23.2 Å². The maximum atomic E-state index is 6.16. The monoisotopic (exact) mass is 277 g/mol. The van der Waals surface area contributed by atoms with Crippen LogP contribution in [0, 0.1) is 0 Å². The summed E-state index contributed by atoms with van der Waals surface area (Å²) in [6.07, 6.45) is 0. The molecule has 0 saturated heterocycles. The highest BCUT2D eigenvalue weighted by Crippen LogP contribution is 2.34. The molecule has 1 heterocycles. The van der Waals surface area contributed by atoms with Crippen LogP contribution in [-0.2, 0) is 0 Å². The number of nitrogen functional groups attached to an aromatic ring is 1. The van der Waals surface area contributed by atoms with Gasteiger partial charge in [-0.25, -0.2) is 4.98 Å². The molecule has 18 heavy (non-hydrogen) atoms. The molecular weight excluding hydrogens is 269 g/mol. The summed E-state index contributed by atoms with van der Waals surface area (Å²) in [5.41, 5.74) is 8.78. The molecule has 0 aliphatic carbocycles. The van der Waals surface area contributed by atoms with Crippen LogP contribution in [0.5, 0.6) is 0 Å². The number of nitrogens with zero attached hydrogens (tertiary/aromatic N) is 1. The Balaban J connectivity index is 2.30. The Morgan fingerprint density at radius 2 is 1.67 bits per heavy atom. The van der Waals surface area contributed by atoms with E-state index in [-0.39, 0.29) is 0 Å². The maximum absolute atomic E-state index is 6.16. The minimum Gasteiger partial charge on any atom is -0.397 e. The molecule has 5 heteroatoms. The first-order valence-corrected chi connectivity index (χ1v) is 6.11. The van der Waals surface area contributed by atoms with Crippen molar-refractivity contribution in [2.75, 3.05) is 5.73 Å². The third-order valence-corrected chi connectivity index (χ3v) is 3.37. The number of fused-ring (bicyclic) bond motifs is 1. The fourth-order valence-corrected chi connectivity index (χ4v) is 2.47. The Bertz CT molecular complexity index is 714. The van der Waals surface area contributed by atoms with Crippen LogP contribution in [0.2, 0.25) is 10.0 Å². The average molecular weight is 278 g/mol. The van der Waals surface area contributed by atoms with E-state index >= 15 is 0 Å². The van der Waals surface area contributed by atoms with E-state index in [0.717, 1.165) is 11.0 Å². The van der Waals surface area contributed by atoms with Gasteiger partial charge >= 0.3 is 0 Å². The van der Waals surface area contributed by atoms with E-state index < -0.39 is 0 Å². The van der Waals surface area contributed by atoms with E-state index in [1.54, 1.807) is 24.3 Å². The Kier molecular flexibility index (Phi) is 2.65. The Labute approximate surface area is 114 Å². The molecule has 0 atom stereocenters. The molecule has 0 aliphatic heterocycles. The number of aromatic nitrogens is 2. The standard InChI is InChI=1S/C13H9Cl2N3/c14-7-3-1-4-8(15)11(7)13-17-10-6-2-5-9(16)12(10)18-13/h1-6H,16H2,(H,17,18). The van der Waals surface area contributed by atoms with E-state index in [4.69, 9.17) is 28.9 Å². The smallest absolute Gasteiger partial charge is 0.141 e. The summed E-state index contributed by atoms with van der Waals surface area (Å²) in [7, 11) is 0. The summed E-state index contributed by atoms with van der Waals surface area (Å²) >= 11 is 12.3. The highest BCUT2D eigenvalue weighted by Gasteiger charge is 2.13. The number of H-pyrrole nitrogens is 1. The zero-order valence-electron chi connectivity index (χ0n) is 9.24.